The van der Waals surface area contributed by atoms with E-state index < -0.39 is 17.0 Å². The largest absolute Gasteiger partial charge is 0.369 e. The van der Waals surface area contributed by atoms with Gasteiger partial charge in [0.15, 0.2) is 0 Å². The molecule has 0 bridgehead atoms. The maximum atomic E-state index is 13.4. The molecule has 2 atom stereocenters. The molecule has 1 fully saturated rings. The molecule has 1 heterocycles. The molecule has 1 saturated heterocycles. The van der Waals surface area contributed by atoms with Crippen molar-refractivity contribution in [3.05, 3.63) is 107 Å². The molecule has 34 heavy (non-hydrogen) atoms. The van der Waals surface area contributed by atoms with Gasteiger partial charge in [0, 0.05) is 24.0 Å². The molecule has 0 radical (unpaired) electrons. The third-order valence-corrected chi connectivity index (χ3v) is 7.01. The summed E-state index contributed by atoms with van der Waals surface area (Å²) >= 11 is 0. The van der Waals surface area contributed by atoms with Crippen molar-refractivity contribution < 1.29 is 18.1 Å². The van der Waals surface area contributed by atoms with Gasteiger partial charge in [0.05, 0.1) is 33.1 Å². The number of carbonyl (C=O) groups is 1. The number of hydrogen-bond acceptors (Lipinski definition) is 1. The molecule has 0 saturated carbocycles. The fourth-order valence-corrected chi connectivity index (χ4v) is 5.38. The minimum Gasteiger partial charge on any atom is -0.369 e. The molecule has 0 aliphatic carbocycles. The van der Waals surface area contributed by atoms with Gasteiger partial charge in [-0.1, -0.05) is 72.5 Å². The van der Waals surface area contributed by atoms with E-state index >= 15 is 0 Å². The van der Waals surface area contributed by atoms with Crippen LogP contribution in [0.5, 0.6) is 0 Å². The van der Waals surface area contributed by atoms with E-state index in [9.17, 15) is 13.6 Å². The van der Waals surface area contributed by atoms with Gasteiger partial charge in [-0.05, 0) is 23.3 Å². The summed E-state index contributed by atoms with van der Waals surface area (Å²) in [5, 5.41) is 0. The molecule has 0 spiro atoms. The highest BCUT2D eigenvalue weighted by atomic mass is 19.1. The van der Waals surface area contributed by atoms with Gasteiger partial charge in [-0.3, -0.25) is 4.79 Å². The summed E-state index contributed by atoms with van der Waals surface area (Å²) < 4.78 is 27.5. The first-order chi connectivity index (χ1) is 16.3. The van der Waals surface area contributed by atoms with E-state index in [0.717, 1.165) is 47.7 Å². The Balaban J connectivity index is 1.58. The fourth-order valence-electron chi connectivity index (χ4n) is 5.38. The van der Waals surface area contributed by atoms with Crippen LogP contribution in [0.25, 0.3) is 0 Å². The summed E-state index contributed by atoms with van der Waals surface area (Å²) in [6, 6.07) is 22.9. The number of nitrogens with zero attached hydrogens (tertiary/aromatic N) is 1. The average molecular weight is 460 g/mol. The fraction of sp³-hybridized carbons (Fsp3) is 0.276. The van der Waals surface area contributed by atoms with Gasteiger partial charge < -0.3 is 10.2 Å². The first-order valence-corrected chi connectivity index (χ1v) is 11.5. The van der Waals surface area contributed by atoms with E-state index in [2.05, 4.69) is 18.9 Å². The summed E-state index contributed by atoms with van der Waals surface area (Å²) in [6.45, 7) is 2.46. The zero-order valence-electron chi connectivity index (χ0n) is 19.3. The van der Waals surface area contributed by atoms with Gasteiger partial charge in [0.2, 0.25) is 5.91 Å². The van der Waals surface area contributed by atoms with E-state index in [4.69, 9.17) is 5.73 Å². The van der Waals surface area contributed by atoms with Crippen LogP contribution >= 0.6 is 0 Å². The molecule has 1 unspecified atom stereocenters. The summed E-state index contributed by atoms with van der Waals surface area (Å²) in [4.78, 5) is 13.2. The number of hydrogen-bond donors (Lipinski definition) is 1. The summed E-state index contributed by atoms with van der Waals surface area (Å²) in [6.07, 6.45) is 1.44. The Labute approximate surface area is 199 Å². The van der Waals surface area contributed by atoms with E-state index in [0.29, 0.717) is 12.0 Å². The molecule has 5 heteroatoms. The van der Waals surface area contributed by atoms with Gasteiger partial charge in [0.1, 0.15) is 17.0 Å². The normalized spacial score (nSPS) is 19.9. The van der Waals surface area contributed by atoms with Gasteiger partial charge in [-0.15, -0.1) is 0 Å². The smallest absolute Gasteiger partial charge is 0.233 e. The predicted molar refractivity (Wildman–Crippen MR) is 130 cm³/mol. The first kappa shape index (κ1) is 23.7. The molecule has 174 valence electrons. The highest BCUT2D eigenvalue weighted by molar-refractivity contribution is 5.91. The first-order valence-electron chi connectivity index (χ1n) is 11.5. The lowest BCUT2D eigenvalue weighted by Gasteiger charge is -2.38. The Bertz CT molecular complexity index is 1160. The van der Waals surface area contributed by atoms with Crippen LogP contribution in [-0.4, -0.2) is 37.1 Å². The van der Waals surface area contributed by atoms with Crippen molar-refractivity contribution in [2.45, 2.75) is 18.3 Å². The van der Waals surface area contributed by atoms with E-state index in [1.165, 1.54) is 12.1 Å². The number of carbonyl (C=O) groups excluding carboxylic acids is 1. The van der Waals surface area contributed by atoms with Gasteiger partial charge in [-0.25, -0.2) is 8.78 Å². The standard InChI is InChI=1S/C29H28F2N2O/c1-33(16-9-8-10-22-18-26(30)20-27(31)19-22)17-15-25(21-33)29(28(32)34,23-11-4-2-5-12-23)24-13-6-3-7-14-24/h2-7,11-14,18-20,25H,9,15-17,21H2,1H3,(H-,32,34)/p+1/t25?,33-/m1/s1. The maximum absolute atomic E-state index is 13.4. The lowest BCUT2D eigenvalue weighted by atomic mass is 9.64. The lowest BCUT2D eigenvalue weighted by Crippen LogP contribution is -2.51. The predicted octanol–water partition coefficient (Wildman–Crippen LogP) is 4.64. The molecule has 1 amide bonds. The second-order valence-corrected chi connectivity index (χ2v) is 9.35. The van der Waals surface area contributed by atoms with E-state index in [-0.39, 0.29) is 11.8 Å². The molecule has 3 aromatic carbocycles. The number of halogens is 2. The molecule has 0 aromatic heterocycles. The minimum atomic E-state index is -0.913. The molecule has 1 aliphatic rings. The van der Waals surface area contributed by atoms with Crippen LogP contribution in [0.2, 0.25) is 0 Å². The Morgan fingerprint density at radius 1 is 1.00 bits per heavy atom. The van der Waals surface area contributed by atoms with Gasteiger partial charge in [0.25, 0.3) is 0 Å². The van der Waals surface area contributed by atoms with Crippen molar-refractivity contribution >= 4 is 5.91 Å². The lowest BCUT2D eigenvalue weighted by molar-refractivity contribution is -0.898. The second-order valence-electron chi connectivity index (χ2n) is 9.35. The second kappa shape index (κ2) is 9.79. The van der Waals surface area contributed by atoms with Crippen LogP contribution in [-0.2, 0) is 10.2 Å². The van der Waals surface area contributed by atoms with Crippen LogP contribution in [0.4, 0.5) is 8.78 Å². The summed E-state index contributed by atoms with van der Waals surface area (Å²) in [7, 11) is 2.17. The highest BCUT2D eigenvalue weighted by Gasteiger charge is 2.53. The number of likely N-dealkylation sites (tertiary alicyclic amines) is 1. The Morgan fingerprint density at radius 2 is 1.56 bits per heavy atom. The molecule has 3 aromatic rings. The number of benzene rings is 3. The van der Waals surface area contributed by atoms with Gasteiger partial charge >= 0.3 is 0 Å². The maximum Gasteiger partial charge on any atom is 0.233 e. The van der Waals surface area contributed by atoms with Crippen molar-refractivity contribution in [1.29, 1.82) is 0 Å². The van der Waals surface area contributed by atoms with Crippen LogP contribution in [0.15, 0.2) is 78.9 Å². The zero-order valence-corrected chi connectivity index (χ0v) is 19.3. The van der Waals surface area contributed by atoms with Crippen molar-refractivity contribution in [1.82, 2.24) is 0 Å². The SMILES string of the molecule is C[N@@+]1(CCC#Cc2cc(F)cc(F)c2)CCC(C(C(N)=O)(c2ccccc2)c2ccccc2)C1. The molecule has 2 N–H and O–H groups in total. The number of nitrogens with two attached hydrogens (primary N) is 1. The van der Waals surface area contributed by atoms with Crippen LogP contribution in [0.3, 0.4) is 0 Å². The third kappa shape index (κ3) is 4.73. The summed E-state index contributed by atoms with van der Waals surface area (Å²) in [5.74, 6) is 4.36. The number of amides is 1. The van der Waals surface area contributed by atoms with Crippen molar-refractivity contribution in [3.8, 4) is 11.8 Å². The number of primary amides is 1. The van der Waals surface area contributed by atoms with Crippen molar-refractivity contribution in [3.63, 3.8) is 0 Å². The van der Waals surface area contributed by atoms with Crippen LogP contribution in [0.1, 0.15) is 29.5 Å². The Morgan fingerprint density at radius 3 is 2.09 bits per heavy atom. The molecule has 3 nitrogen and oxygen atoms in total. The Kier molecular flexibility index (Phi) is 6.81. The van der Waals surface area contributed by atoms with Crippen molar-refractivity contribution in [2.75, 3.05) is 26.7 Å². The van der Waals surface area contributed by atoms with Gasteiger partial charge in [-0.2, -0.15) is 0 Å². The zero-order chi connectivity index (χ0) is 24.2. The highest BCUT2D eigenvalue weighted by Crippen LogP contribution is 2.45. The van der Waals surface area contributed by atoms with Crippen molar-refractivity contribution in [2.24, 2.45) is 11.7 Å². The topological polar surface area (TPSA) is 43.1 Å². The molecule has 4 rings (SSSR count). The van der Waals surface area contributed by atoms with E-state index in [1.807, 2.05) is 60.7 Å². The van der Waals surface area contributed by atoms with E-state index in [1.54, 1.807) is 0 Å². The third-order valence-electron chi connectivity index (χ3n) is 7.01. The average Bonchev–Trinajstić information content (AvgIpc) is 3.20. The number of rotatable bonds is 6. The molecular weight excluding hydrogens is 430 g/mol. The number of quaternary nitrogens is 1. The van der Waals surface area contributed by atoms with Crippen LogP contribution in [0, 0.1) is 29.4 Å². The van der Waals surface area contributed by atoms with Crippen LogP contribution < -0.4 is 5.73 Å². The minimum absolute atomic E-state index is 0.0325. The monoisotopic (exact) mass is 459 g/mol. The Hall–Kier alpha value is -3.49. The molecular formula is C29H29F2N2O+. The molecule has 1 aliphatic heterocycles. The summed E-state index contributed by atoms with van der Waals surface area (Å²) in [5.41, 5.74) is 7.44. The quantitative estimate of drug-likeness (QED) is 0.423.